The maximum absolute atomic E-state index is 6.19. The van der Waals surface area contributed by atoms with Crippen LogP contribution in [0.4, 0.5) is 0 Å². The largest absolute Gasteiger partial charge is 0.381 e. The maximum Gasteiger partial charge on any atom is 0.124 e. The second-order valence-corrected chi connectivity index (χ2v) is 4.59. The van der Waals surface area contributed by atoms with Gasteiger partial charge in [0.25, 0.3) is 0 Å². The fourth-order valence-electron chi connectivity index (χ4n) is 2.39. The second kappa shape index (κ2) is 3.84. The highest BCUT2D eigenvalue weighted by atomic mass is 16.5. The van der Waals surface area contributed by atoms with E-state index in [9.17, 15) is 0 Å². The van der Waals surface area contributed by atoms with Crippen LogP contribution in [0, 0.1) is 5.92 Å². The summed E-state index contributed by atoms with van der Waals surface area (Å²) in [5.41, 5.74) is 8.29. The van der Waals surface area contributed by atoms with Crippen molar-refractivity contribution < 1.29 is 9.47 Å². The van der Waals surface area contributed by atoms with Crippen molar-refractivity contribution in [3.8, 4) is 0 Å². The number of nitrogens with one attached hydrogen (secondary N) is 1. The standard InChI is InChI=1S/C11H17N3O2/c1-6-10-8(5-16-6)13-11(14-10)9(12)7-2-3-15-4-7/h6-7,9H,2-5,12H2,1H3,(H,13,14). The zero-order chi connectivity index (χ0) is 11.1. The molecule has 88 valence electrons. The Morgan fingerprint density at radius 2 is 2.44 bits per heavy atom. The Morgan fingerprint density at radius 3 is 3.12 bits per heavy atom. The summed E-state index contributed by atoms with van der Waals surface area (Å²) in [6, 6.07) is -0.0414. The molecule has 3 N–H and O–H groups in total. The zero-order valence-electron chi connectivity index (χ0n) is 9.40. The van der Waals surface area contributed by atoms with Gasteiger partial charge in [-0.05, 0) is 13.3 Å². The maximum atomic E-state index is 6.19. The third kappa shape index (κ3) is 1.55. The van der Waals surface area contributed by atoms with Crippen LogP contribution in [0.1, 0.15) is 42.7 Å². The molecule has 3 heterocycles. The first-order valence-electron chi connectivity index (χ1n) is 5.79. The van der Waals surface area contributed by atoms with E-state index >= 15 is 0 Å². The summed E-state index contributed by atoms with van der Waals surface area (Å²) in [6.45, 7) is 4.20. The quantitative estimate of drug-likeness (QED) is 0.785. The Kier molecular flexibility index (Phi) is 2.46. The smallest absolute Gasteiger partial charge is 0.124 e. The van der Waals surface area contributed by atoms with Crippen LogP contribution in [0.5, 0.6) is 0 Å². The van der Waals surface area contributed by atoms with E-state index < -0.39 is 0 Å². The molecule has 0 amide bonds. The highest BCUT2D eigenvalue weighted by molar-refractivity contribution is 5.21. The summed E-state index contributed by atoms with van der Waals surface area (Å²) in [5.74, 6) is 1.28. The molecular formula is C11H17N3O2. The molecule has 0 saturated carbocycles. The first kappa shape index (κ1) is 10.3. The molecule has 0 radical (unpaired) electrons. The summed E-state index contributed by atoms with van der Waals surface area (Å²) in [4.78, 5) is 7.84. The fraction of sp³-hybridized carbons (Fsp3) is 0.727. The van der Waals surface area contributed by atoms with Crippen LogP contribution in [0.15, 0.2) is 0 Å². The molecule has 3 rings (SSSR count). The van der Waals surface area contributed by atoms with E-state index in [2.05, 4.69) is 9.97 Å². The molecule has 1 fully saturated rings. The number of nitrogens with two attached hydrogens (primary N) is 1. The van der Waals surface area contributed by atoms with Gasteiger partial charge in [-0.2, -0.15) is 0 Å². The first-order valence-corrected chi connectivity index (χ1v) is 5.79. The lowest BCUT2D eigenvalue weighted by molar-refractivity contribution is 0.0755. The van der Waals surface area contributed by atoms with Gasteiger partial charge in [-0.15, -0.1) is 0 Å². The monoisotopic (exact) mass is 223 g/mol. The Hall–Kier alpha value is -0.910. The molecule has 3 unspecified atom stereocenters. The van der Waals surface area contributed by atoms with Crippen LogP contribution in [0.25, 0.3) is 0 Å². The van der Waals surface area contributed by atoms with Gasteiger partial charge < -0.3 is 20.2 Å². The molecule has 0 aliphatic carbocycles. The minimum absolute atomic E-state index is 0.0414. The van der Waals surface area contributed by atoms with Crippen molar-refractivity contribution in [3.05, 3.63) is 17.2 Å². The molecular weight excluding hydrogens is 206 g/mol. The van der Waals surface area contributed by atoms with E-state index in [1.807, 2.05) is 6.92 Å². The topological polar surface area (TPSA) is 73.2 Å². The summed E-state index contributed by atoms with van der Waals surface area (Å²) < 4.78 is 10.8. The van der Waals surface area contributed by atoms with Crippen molar-refractivity contribution in [2.24, 2.45) is 11.7 Å². The van der Waals surface area contributed by atoms with Crippen LogP contribution in [0.3, 0.4) is 0 Å². The predicted octanol–water partition coefficient (Wildman–Crippen LogP) is 1.04. The van der Waals surface area contributed by atoms with Gasteiger partial charge >= 0.3 is 0 Å². The van der Waals surface area contributed by atoms with E-state index in [1.165, 1.54) is 0 Å². The van der Waals surface area contributed by atoms with Crippen LogP contribution < -0.4 is 5.73 Å². The number of aromatic nitrogens is 2. The lowest BCUT2D eigenvalue weighted by Crippen LogP contribution is -2.23. The second-order valence-electron chi connectivity index (χ2n) is 4.59. The first-order chi connectivity index (χ1) is 7.75. The molecule has 2 aliphatic heterocycles. The molecule has 5 nitrogen and oxygen atoms in total. The summed E-state index contributed by atoms with van der Waals surface area (Å²) in [7, 11) is 0. The van der Waals surface area contributed by atoms with E-state index in [0.29, 0.717) is 12.5 Å². The molecule has 0 aromatic carbocycles. The van der Waals surface area contributed by atoms with Gasteiger partial charge in [0.2, 0.25) is 0 Å². The van der Waals surface area contributed by atoms with Gasteiger partial charge in [0.1, 0.15) is 5.82 Å². The number of imidazole rings is 1. The van der Waals surface area contributed by atoms with Crippen molar-refractivity contribution in [3.63, 3.8) is 0 Å². The van der Waals surface area contributed by atoms with E-state index in [4.69, 9.17) is 15.2 Å². The number of rotatable bonds is 2. The van der Waals surface area contributed by atoms with E-state index in [-0.39, 0.29) is 12.1 Å². The predicted molar refractivity (Wildman–Crippen MR) is 57.6 cm³/mol. The average Bonchev–Trinajstić information content (AvgIpc) is 2.96. The number of ether oxygens (including phenoxy) is 2. The third-order valence-corrected chi connectivity index (χ3v) is 3.48. The summed E-state index contributed by atoms with van der Waals surface area (Å²) >= 11 is 0. The van der Waals surface area contributed by atoms with Crippen LogP contribution in [-0.4, -0.2) is 23.2 Å². The fourth-order valence-corrected chi connectivity index (χ4v) is 2.39. The molecule has 5 heteroatoms. The molecule has 16 heavy (non-hydrogen) atoms. The highest BCUT2D eigenvalue weighted by Gasteiger charge is 2.30. The molecule has 0 bridgehead atoms. The number of aromatic amines is 1. The van der Waals surface area contributed by atoms with E-state index in [1.54, 1.807) is 0 Å². The van der Waals surface area contributed by atoms with Gasteiger partial charge in [0.15, 0.2) is 0 Å². The Balaban J connectivity index is 1.81. The van der Waals surface area contributed by atoms with Gasteiger partial charge in [-0.1, -0.05) is 0 Å². The zero-order valence-corrected chi connectivity index (χ0v) is 9.40. The molecule has 1 aromatic heterocycles. The number of hydrogen-bond donors (Lipinski definition) is 2. The Morgan fingerprint density at radius 1 is 1.56 bits per heavy atom. The van der Waals surface area contributed by atoms with Crippen LogP contribution in [0.2, 0.25) is 0 Å². The van der Waals surface area contributed by atoms with Crippen molar-refractivity contribution in [1.29, 1.82) is 0 Å². The van der Waals surface area contributed by atoms with Crippen molar-refractivity contribution >= 4 is 0 Å². The Labute approximate surface area is 94.3 Å². The van der Waals surface area contributed by atoms with Crippen LogP contribution >= 0.6 is 0 Å². The molecule has 1 saturated heterocycles. The van der Waals surface area contributed by atoms with Gasteiger partial charge in [-0.3, -0.25) is 0 Å². The van der Waals surface area contributed by atoms with E-state index in [0.717, 1.165) is 36.8 Å². The minimum atomic E-state index is -0.0414. The number of hydrogen-bond acceptors (Lipinski definition) is 4. The van der Waals surface area contributed by atoms with Crippen molar-refractivity contribution in [1.82, 2.24) is 9.97 Å². The molecule has 3 atom stereocenters. The van der Waals surface area contributed by atoms with Crippen molar-refractivity contribution in [2.45, 2.75) is 32.1 Å². The number of nitrogens with zero attached hydrogens (tertiary/aromatic N) is 1. The lowest BCUT2D eigenvalue weighted by atomic mass is 9.99. The Bertz CT molecular complexity index is 385. The minimum Gasteiger partial charge on any atom is -0.381 e. The highest BCUT2D eigenvalue weighted by Crippen LogP contribution is 2.31. The van der Waals surface area contributed by atoms with Crippen LogP contribution in [-0.2, 0) is 16.1 Å². The third-order valence-electron chi connectivity index (χ3n) is 3.48. The number of H-pyrrole nitrogens is 1. The average molecular weight is 223 g/mol. The van der Waals surface area contributed by atoms with Gasteiger partial charge in [0, 0.05) is 12.5 Å². The molecule has 1 aromatic rings. The SMILES string of the molecule is CC1OCc2[nH]c(C(N)C3CCOC3)nc21. The molecule has 2 aliphatic rings. The van der Waals surface area contributed by atoms with Crippen molar-refractivity contribution in [2.75, 3.05) is 13.2 Å². The normalized spacial score (nSPS) is 30.6. The lowest BCUT2D eigenvalue weighted by Gasteiger charge is -2.15. The van der Waals surface area contributed by atoms with Gasteiger partial charge in [-0.25, -0.2) is 4.98 Å². The summed E-state index contributed by atoms with van der Waals surface area (Å²) in [6.07, 6.45) is 1.12. The molecule has 0 spiro atoms. The summed E-state index contributed by atoms with van der Waals surface area (Å²) in [5, 5.41) is 0. The number of fused-ring (bicyclic) bond motifs is 1. The van der Waals surface area contributed by atoms with Gasteiger partial charge in [0.05, 0.1) is 36.7 Å².